The van der Waals surface area contributed by atoms with Crippen LogP contribution in [0.5, 0.6) is 0 Å². The molecule has 0 N–H and O–H groups in total. The first-order chi connectivity index (χ1) is 4.34. The maximum Gasteiger partial charge on any atom is 0.0954 e. The van der Waals surface area contributed by atoms with E-state index in [4.69, 9.17) is 0 Å². The molecule has 0 aromatic heterocycles. The first-order valence-corrected chi connectivity index (χ1v) is 3.34. The van der Waals surface area contributed by atoms with Gasteiger partial charge in [-0.05, 0) is 19.8 Å². The van der Waals surface area contributed by atoms with Gasteiger partial charge in [-0.25, -0.2) is 0 Å². The Balaban J connectivity index is 2.42. The summed E-state index contributed by atoms with van der Waals surface area (Å²) in [6.07, 6.45) is 3.50. The number of amidine groups is 1. The average molecular weight is 125 g/mol. The Kier molecular flexibility index (Phi) is 2.09. The molecule has 0 atom stereocenters. The molecule has 1 aliphatic rings. The lowest BCUT2D eigenvalue weighted by Crippen LogP contribution is -2.24. The van der Waals surface area contributed by atoms with Gasteiger partial charge < -0.3 is 4.90 Å². The van der Waals surface area contributed by atoms with E-state index in [0.29, 0.717) is 0 Å². The van der Waals surface area contributed by atoms with Gasteiger partial charge in [-0.2, -0.15) is 0 Å². The van der Waals surface area contributed by atoms with Crippen molar-refractivity contribution < 1.29 is 0 Å². The number of likely N-dealkylation sites (tertiary alicyclic amines) is 1. The fourth-order valence-electron chi connectivity index (χ4n) is 1.02. The lowest BCUT2D eigenvalue weighted by Gasteiger charge is -2.15. The Morgan fingerprint density at radius 3 is 2.89 bits per heavy atom. The van der Waals surface area contributed by atoms with Gasteiger partial charge in [0, 0.05) is 20.1 Å². The quantitative estimate of drug-likeness (QED) is 0.347. The van der Waals surface area contributed by atoms with Gasteiger partial charge >= 0.3 is 0 Å². The summed E-state index contributed by atoms with van der Waals surface area (Å²) in [6, 6.07) is 0. The monoisotopic (exact) mass is 125 g/mol. The van der Waals surface area contributed by atoms with Gasteiger partial charge in [0.1, 0.15) is 0 Å². The Bertz CT molecular complexity index is 112. The number of rotatable bonds is 0. The Morgan fingerprint density at radius 1 is 1.67 bits per heavy atom. The van der Waals surface area contributed by atoms with Gasteiger partial charge in [0.25, 0.3) is 0 Å². The van der Waals surface area contributed by atoms with Gasteiger partial charge in [0.05, 0.1) is 5.84 Å². The van der Waals surface area contributed by atoms with Crippen molar-refractivity contribution in [3.8, 4) is 0 Å². The molecule has 1 fully saturated rings. The summed E-state index contributed by atoms with van der Waals surface area (Å²) in [7, 11) is 1.84. The van der Waals surface area contributed by atoms with E-state index in [1.165, 1.54) is 6.42 Å². The SMILES string of the molecule is C/N=C(\C)N1C[CH]CC1. The average Bonchev–Trinajstić information content (AvgIpc) is 2.37. The zero-order valence-corrected chi connectivity index (χ0v) is 6.09. The standard InChI is InChI=1S/C7H13N2/c1-7(8-2)9-5-3-4-6-9/h3H,4-6H2,1-2H3/b8-7+. The molecule has 1 rings (SSSR count). The van der Waals surface area contributed by atoms with Crippen LogP contribution in [-0.2, 0) is 0 Å². The maximum absolute atomic E-state index is 4.09. The van der Waals surface area contributed by atoms with Gasteiger partial charge in [-0.3, -0.25) is 4.99 Å². The number of hydrogen-bond acceptors (Lipinski definition) is 1. The third kappa shape index (κ3) is 1.44. The molecule has 9 heavy (non-hydrogen) atoms. The topological polar surface area (TPSA) is 15.6 Å². The summed E-state index contributed by atoms with van der Waals surface area (Å²) in [6.45, 7) is 4.30. The van der Waals surface area contributed by atoms with Crippen LogP contribution in [0, 0.1) is 6.42 Å². The van der Waals surface area contributed by atoms with Crippen molar-refractivity contribution in [3.63, 3.8) is 0 Å². The highest BCUT2D eigenvalue weighted by Crippen LogP contribution is 2.06. The van der Waals surface area contributed by atoms with Crippen LogP contribution in [-0.4, -0.2) is 30.9 Å². The second kappa shape index (κ2) is 2.85. The second-order valence-corrected chi connectivity index (χ2v) is 2.29. The minimum atomic E-state index is 1.09. The summed E-state index contributed by atoms with van der Waals surface area (Å²) in [4.78, 5) is 6.37. The Labute approximate surface area is 56.6 Å². The molecule has 2 nitrogen and oxygen atoms in total. The first-order valence-electron chi connectivity index (χ1n) is 3.34. The molecule has 1 heterocycles. The second-order valence-electron chi connectivity index (χ2n) is 2.29. The fraction of sp³-hybridized carbons (Fsp3) is 0.714. The first kappa shape index (κ1) is 6.59. The third-order valence-corrected chi connectivity index (χ3v) is 1.73. The molecule has 1 aliphatic heterocycles. The van der Waals surface area contributed by atoms with Crippen molar-refractivity contribution in [1.29, 1.82) is 0 Å². The summed E-state index contributed by atoms with van der Waals surface area (Å²) in [5, 5.41) is 0. The van der Waals surface area contributed by atoms with Crippen molar-refractivity contribution in [2.75, 3.05) is 20.1 Å². The van der Waals surface area contributed by atoms with Crippen LogP contribution >= 0.6 is 0 Å². The van der Waals surface area contributed by atoms with Crippen LogP contribution < -0.4 is 0 Å². The number of aliphatic imine (C=N–C) groups is 1. The van der Waals surface area contributed by atoms with E-state index in [-0.39, 0.29) is 0 Å². The number of nitrogens with zero attached hydrogens (tertiary/aromatic N) is 2. The largest absolute Gasteiger partial charge is 0.360 e. The van der Waals surface area contributed by atoms with E-state index in [9.17, 15) is 0 Å². The Hall–Kier alpha value is -0.530. The van der Waals surface area contributed by atoms with Crippen molar-refractivity contribution in [2.45, 2.75) is 13.3 Å². The molecule has 0 bridgehead atoms. The predicted molar refractivity (Wildman–Crippen MR) is 39.5 cm³/mol. The molecular formula is C7H13N2. The summed E-state index contributed by atoms with van der Waals surface area (Å²) in [5.74, 6) is 1.16. The lowest BCUT2D eigenvalue weighted by atomic mass is 10.4. The molecule has 0 aromatic rings. The van der Waals surface area contributed by atoms with Crippen molar-refractivity contribution in [1.82, 2.24) is 4.90 Å². The van der Waals surface area contributed by atoms with Gasteiger partial charge in [0.2, 0.25) is 0 Å². The molecule has 0 spiro atoms. The van der Waals surface area contributed by atoms with E-state index >= 15 is 0 Å². The molecule has 51 valence electrons. The van der Waals surface area contributed by atoms with Crippen LogP contribution in [0.1, 0.15) is 13.3 Å². The molecule has 1 radical (unpaired) electrons. The summed E-state index contributed by atoms with van der Waals surface area (Å²) < 4.78 is 0. The molecule has 0 aromatic carbocycles. The smallest absolute Gasteiger partial charge is 0.0954 e. The lowest BCUT2D eigenvalue weighted by molar-refractivity contribution is 0.523. The van der Waals surface area contributed by atoms with Crippen LogP contribution in [0.25, 0.3) is 0 Å². The van der Waals surface area contributed by atoms with Gasteiger partial charge in [-0.15, -0.1) is 0 Å². The molecular weight excluding hydrogens is 112 g/mol. The van der Waals surface area contributed by atoms with Crippen LogP contribution in [0.2, 0.25) is 0 Å². The van der Waals surface area contributed by atoms with Gasteiger partial charge in [0.15, 0.2) is 0 Å². The fourth-order valence-corrected chi connectivity index (χ4v) is 1.02. The van der Waals surface area contributed by atoms with Crippen LogP contribution in [0.3, 0.4) is 0 Å². The van der Waals surface area contributed by atoms with E-state index in [0.717, 1.165) is 18.9 Å². The van der Waals surface area contributed by atoms with Gasteiger partial charge in [-0.1, -0.05) is 0 Å². The maximum atomic E-state index is 4.09. The highest BCUT2D eigenvalue weighted by molar-refractivity contribution is 5.79. The van der Waals surface area contributed by atoms with Crippen molar-refractivity contribution in [3.05, 3.63) is 6.42 Å². The molecule has 0 aliphatic carbocycles. The predicted octanol–water partition coefficient (Wildman–Crippen LogP) is 0.945. The van der Waals surface area contributed by atoms with Crippen LogP contribution in [0.4, 0.5) is 0 Å². The highest BCUT2D eigenvalue weighted by atomic mass is 15.2. The zero-order chi connectivity index (χ0) is 6.69. The molecule has 1 saturated heterocycles. The van der Waals surface area contributed by atoms with Crippen molar-refractivity contribution >= 4 is 5.84 Å². The zero-order valence-electron chi connectivity index (χ0n) is 6.09. The minimum Gasteiger partial charge on any atom is -0.360 e. The molecule has 0 amide bonds. The van der Waals surface area contributed by atoms with E-state index < -0.39 is 0 Å². The summed E-state index contributed by atoms with van der Waals surface area (Å²) in [5.41, 5.74) is 0. The molecule has 2 heteroatoms. The normalized spacial score (nSPS) is 21.1. The Morgan fingerprint density at radius 2 is 2.44 bits per heavy atom. The summed E-state index contributed by atoms with van der Waals surface area (Å²) >= 11 is 0. The van der Waals surface area contributed by atoms with Crippen LogP contribution in [0.15, 0.2) is 4.99 Å². The van der Waals surface area contributed by atoms with E-state index in [1.807, 2.05) is 7.05 Å². The van der Waals surface area contributed by atoms with E-state index in [1.54, 1.807) is 0 Å². The molecule has 0 unspecified atom stereocenters. The van der Waals surface area contributed by atoms with Crippen molar-refractivity contribution in [2.24, 2.45) is 4.99 Å². The number of hydrogen-bond donors (Lipinski definition) is 0. The molecule has 0 saturated carbocycles. The third-order valence-electron chi connectivity index (χ3n) is 1.73. The highest BCUT2D eigenvalue weighted by Gasteiger charge is 2.11. The van der Waals surface area contributed by atoms with E-state index in [2.05, 4.69) is 23.2 Å². The minimum absolute atomic E-state index is 1.09.